The van der Waals surface area contributed by atoms with Crippen molar-refractivity contribution in [3.05, 3.63) is 64.4 Å². The van der Waals surface area contributed by atoms with Crippen LogP contribution in [0, 0.1) is 22.7 Å². The first-order valence-corrected chi connectivity index (χ1v) is 11.0. The highest BCUT2D eigenvalue weighted by Crippen LogP contribution is 2.42. The largest absolute Gasteiger partial charge is 0.192 e. The third-order valence-electron chi connectivity index (χ3n) is 3.62. The monoisotopic (exact) mass is 406 g/mol. The Morgan fingerprint density at radius 1 is 0.692 bits per heavy atom. The molecular weight excluding hydrogens is 397 g/mol. The number of rotatable bonds is 4. The smallest absolute Gasteiger partial charge is 0.131 e. The highest BCUT2D eigenvalue weighted by Gasteiger charge is 2.10. The van der Waals surface area contributed by atoms with Crippen LogP contribution in [0.2, 0.25) is 0 Å². The highest BCUT2D eigenvalue weighted by atomic mass is 32.1. The molecule has 0 unspecified atom stereocenters. The summed E-state index contributed by atoms with van der Waals surface area (Å²) in [6.07, 6.45) is 1.63. The lowest BCUT2D eigenvalue weighted by atomic mass is 10.3. The van der Waals surface area contributed by atoms with Crippen LogP contribution in [-0.2, 0) is 0 Å². The van der Waals surface area contributed by atoms with E-state index in [1.54, 1.807) is 40.1 Å². The summed E-state index contributed by atoms with van der Waals surface area (Å²) in [6, 6.07) is 20.7. The van der Waals surface area contributed by atoms with E-state index < -0.39 is 0 Å². The van der Waals surface area contributed by atoms with Crippen LogP contribution in [0.5, 0.6) is 0 Å². The summed E-state index contributed by atoms with van der Waals surface area (Å²) in [5.74, 6) is 0. The summed E-state index contributed by atoms with van der Waals surface area (Å²) in [4.78, 5) is 8.41. The molecule has 0 aliphatic carbocycles. The van der Waals surface area contributed by atoms with Crippen molar-refractivity contribution in [2.75, 3.05) is 0 Å². The van der Waals surface area contributed by atoms with Gasteiger partial charge in [0.05, 0.1) is 0 Å². The number of nitriles is 2. The van der Waals surface area contributed by atoms with Crippen LogP contribution in [0.3, 0.4) is 0 Å². The quantitative estimate of drug-likeness (QED) is 0.332. The van der Waals surface area contributed by atoms with Crippen molar-refractivity contribution in [3.8, 4) is 41.4 Å². The maximum absolute atomic E-state index is 8.88. The third kappa shape index (κ3) is 3.41. The van der Waals surface area contributed by atoms with E-state index in [-0.39, 0.29) is 5.57 Å². The van der Waals surface area contributed by atoms with Crippen molar-refractivity contribution in [2.45, 2.75) is 0 Å². The van der Waals surface area contributed by atoms with Gasteiger partial charge in [0.1, 0.15) is 17.7 Å². The van der Waals surface area contributed by atoms with Gasteiger partial charge in [0.25, 0.3) is 0 Å². The van der Waals surface area contributed by atoms with Gasteiger partial charge in [-0.1, -0.05) is 6.07 Å². The molecule has 0 amide bonds. The Kier molecular flexibility index (Phi) is 4.83. The van der Waals surface area contributed by atoms with Crippen molar-refractivity contribution >= 4 is 51.4 Å². The van der Waals surface area contributed by atoms with Crippen molar-refractivity contribution in [3.63, 3.8) is 0 Å². The molecule has 0 radical (unpaired) electrons. The number of hydrogen-bond donors (Lipinski definition) is 0. The lowest BCUT2D eigenvalue weighted by molar-refractivity contribution is 1.47. The van der Waals surface area contributed by atoms with Crippen LogP contribution in [-0.4, -0.2) is 0 Å². The first-order chi connectivity index (χ1) is 12.8. The predicted octanol–water partition coefficient (Wildman–Crippen LogP) is 7.36. The summed E-state index contributed by atoms with van der Waals surface area (Å²) in [5.41, 5.74) is 0.130. The van der Waals surface area contributed by atoms with Gasteiger partial charge in [-0.3, -0.25) is 0 Å². The van der Waals surface area contributed by atoms with Crippen LogP contribution in [0.4, 0.5) is 0 Å². The SMILES string of the molecule is N#CC(C#N)=Cc1ccc(-c2ccc(-c3ccc(-c4cccs4)s3)s2)s1. The molecule has 0 saturated heterocycles. The molecule has 0 atom stereocenters. The van der Waals surface area contributed by atoms with Gasteiger partial charge in [0.2, 0.25) is 0 Å². The fourth-order valence-electron chi connectivity index (χ4n) is 2.42. The van der Waals surface area contributed by atoms with Crippen molar-refractivity contribution in [2.24, 2.45) is 0 Å². The topological polar surface area (TPSA) is 47.6 Å². The van der Waals surface area contributed by atoms with Gasteiger partial charge in [0, 0.05) is 34.1 Å². The lowest BCUT2D eigenvalue weighted by Crippen LogP contribution is -1.68. The summed E-state index contributed by atoms with van der Waals surface area (Å²) >= 11 is 6.94. The first-order valence-electron chi connectivity index (χ1n) is 7.63. The zero-order valence-corrected chi connectivity index (χ0v) is 16.6. The molecule has 124 valence electrons. The first kappa shape index (κ1) is 17.0. The van der Waals surface area contributed by atoms with Gasteiger partial charge in [0.15, 0.2) is 0 Å². The molecule has 26 heavy (non-hydrogen) atoms. The van der Waals surface area contributed by atoms with Gasteiger partial charge < -0.3 is 0 Å². The van der Waals surface area contributed by atoms with Gasteiger partial charge >= 0.3 is 0 Å². The number of allylic oxidation sites excluding steroid dienone is 1. The fraction of sp³-hybridized carbons (Fsp3) is 0. The fourth-order valence-corrected chi connectivity index (χ4v) is 6.40. The molecule has 0 fully saturated rings. The highest BCUT2D eigenvalue weighted by molar-refractivity contribution is 7.28. The minimum Gasteiger partial charge on any atom is -0.192 e. The minimum atomic E-state index is 0.130. The molecule has 4 heterocycles. The van der Waals surface area contributed by atoms with E-state index in [0.717, 1.165) is 9.75 Å². The van der Waals surface area contributed by atoms with Gasteiger partial charge in [-0.2, -0.15) is 10.5 Å². The van der Waals surface area contributed by atoms with E-state index in [9.17, 15) is 0 Å². The second kappa shape index (κ2) is 7.41. The van der Waals surface area contributed by atoms with E-state index in [0.29, 0.717) is 0 Å². The van der Waals surface area contributed by atoms with E-state index in [1.165, 1.54) is 24.4 Å². The molecule has 2 nitrogen and oxygen atoms in total. The van der Waals surface area contributed by atoms with Gasteiger partial charge in [-0.15, -0.1) is 45.3 Å². The standard InChI is InChI=1S/C20H10N2S4/c21-11-13(12-22)10-14-3-4-17(24-14)18-7-8-20(26-18)19-6-5-16(25-19)15-2-1-9-23-15/h1-10H. The second-order valence-electron chi connectivity index (χ2n) is 5.29. The maximum atomic E-state index is 8.88. The van der Waals surface area contributed by atoms with Gasteiger partial charge in [-0.05, 0) is 53.9 Å². The summed E-state index contributed by atoms with van der Waals surface area (Å²) < 4.78 is 0. The van der Waals surface area contributed by atoms with E-state index in [2.05, 4.69) is 41.8 Å². The predicted molar refractivity (Wildman–Crippen MR) is 113 cm³/mol. The molecule has 4 aromatic heterocycles. The molecule has 0 saturated carbocycles. The van der Waals surface area contributed by atoms with Crippen LogP contribution in [0.25, 0.3) is 35.3 Å². The average Bonchev–Trinajstić information content (AvgIpc) is 3.45. The van der Waals surface area contributed by atoms with Crippen LogP contribution < -0.4 is 0 Å². The minimum absolute atomic E-state index is 0.130. The number of thiophene rings is 4. The second-order valence-corrected chi connectivity index (χ2v) is 9.52. The maximum Gasteiger partial charge on any atom is 0.131 e. The van der Waals surface area contributed by atoms with E-state index >= 15 is 0 Å². The molecule has 0 aliphatic rings. The number of nitrogens with zero attached hydrogens (tertiary/aromatic N) is 2. The number of hydrogen-bond acceptors (Lipinski definition) is 6. The van der Waals surface area contributed by atoms with E-state index in [1.807, 2.05) is 35.6 Å². The Labute approximate surface area is 167 Å². The van der Waals surface area contributed by atoms with Crippen molar-refractivity contribution < 1.29 is 0 Å². The molecule has 0 N–H and O–H groups in total. The summed E-state index contributed by atoms with van der Waals surface area (Å²) in [6.45, 7) is 0. The summed E-state index contributed by atoms with van der Waals surface area (Å²) in [7, 11) is 0. The Balaban J connectivity index is 1.60. The Hall–Kier alpha value is -2.48. The molecule has 4 aromatic rings. The van der Waals surface area contributed by atoms with Crippen LogP contribution >= 0.6 is 45.3 Å². The Bertz CT molecular complexity index is 1140. The average molecular weight is 407 g/mol. The molecule has 0 aromatic carbocycles. The van der Waals surface area contributed by atoms with Crippen LogP contribution in [0.15, 0.2) is 59.5 Å². The molecule has 0 bridgehead atoms. The van der Waals surface area contributed by atoms with Crippen LogP contribution in [0.1, 0.15) is 4.88 Å². The van der Waals surface area contributed by atoms with Gasteiger partial charge in [-0.25, -0.2) is 0 Å². The Morgan fingerprint density at radius 2 is 1.23 bits per heavy atom. The zero-order chi connectivity index (χ0) is 17.9. The molecule has 4 rings (SSSR count). The normalized spacial score (nSPS) is 10.2. The molecule has 0 spiro atoms. The zero-order valence-electron chi connectivity index (χ0n) is 13.3. The summed E-state index contributed by atoms with van der Waals surface area (Å²) in [5, 5.41) is 19.9. The van der Waals surface area contributed by atoms with E-state index in [4.69, 9.17) is 10.5 Å². The lowest BCUT2D eigenvalue weighted by Gasteiger charge is -1.91. The third-order valence-corrected chi connectivity index (χ3v) is 8.28. The Morgan fingerprint density at radius 3 is 1.77 bits per heavy atom. The molecule has 0 aliphatic heterocycles. The van der Waals surface area contributed by atoms with Crippen molar-refractivity contribution in [1.82, 2.24) is 0 Å². The molecular formula is C20H10N2S4. The van der Waals surface area contributed by atoms with Crippen molar-refractivity contribution in [1.29, 1.82) is 10.5 Å². The molecule has 6 heteroatoms.